The Morgan fingerprint density at radius 3 is 2.64 bits per heavy atom. The van der Waals surface area contributed by atoms with Crippen LogP contribution in [0.3, 0.4) is 0 Å². The number of unbranched alkanes of at least 4 members (excludes halogenated alkanes) is 3. The van der Waals surface area contributed by atoms with Crippen LogP contribution in [0.25, 0.3) is 0 Å². The van der Waals surface area contributed by atoms with Gasteiger partial charge < -0.3 is 0 Å². The summed E-state index contributed by atoms with van der Waals surface area (Å²) in [5.74, 6) is 1.11. The van der Waals surface area contributed by atoms with Gasteiger partial charge in [-0.1, -0.05) is 0 Å². The van der Waals surface area contributed by atoms with Gasteiger partial charge in [0.25, 0.3) is 0 Å². The van der Waals surface area contributed by atoms with Gasteiger partial charge in [0.2, 0.25) is 0 Å². The van der Waals surface area contributed by atoms with Crippen LogP contribution in [0, 0.1) is 0 Å². The number of aryl methyl sites for hydroxylation is 1. The molecule has 0 N–H and O–H groups in total. The first-order valence-electron chi connectivity index (χ1n) is 5.33. The van der Waals surface area contributed by atoms with Crippen molar-refractivity contribution in [1.29, 1.82) is 0 Å². The predicted molar refractivity (Wildman–Crippen MR) is 63.5 cm³/mol. The van der Waals surface area contributed by atoms with Gasteiger partial charge in [-0.05, 0) is 0 Å². The molecule has 0 unspecified atom stereocenters. The molecule has 0 atom stereocenters. The van der Waals surface area contributed by atoms with E-state index >= 15 is 0 Å². The Hall–Kier alpha value is -0.0969. The normalized spacial score (nSPS) is 10.1. The molecule has 0 aliphatic heterocycles. The fourth-order valence-electron chi connectivity index (χ4n) is 1.57. The van der Waals surface area contributed by atoms with Crippen LogP contribution in [0.1, 0.15) is 38.2 Å². The van der Waals surface area contributed by atoms with Crippen LogP contribution in [0.2, 0.25) is 0 Å². The summed E-state index contributed by atoms with van der Waals surface area (Å²) in [6.45, 7) is 2.25. The standard InChI is InChI=1S/C12H18O.Bi.2H/c1-2-3-4-5-8-11-9-6-7-10-12(11)13;;;/h6-7,9-10,13H,2-5,8H2,1H3;;;/q;+1;;/p-1. The molecule has 78 valence electrons. The minimum absolute atomic E-state index is 0.594. The third kappa shape index (κ3) is 3.96. The third-order valence-electron chi connectivity index (χ3n) is 2.40. The first-order valence-corrected chi connectivity index (χ1v) is 7.16. The molecule has 0 aromatic heterocycles. The monoisotopic (exact) mass is 388 g/mol. The summed E-state index contributed by atoms with van der Waals surface area (Å²) >= 11 is 0.594. The third-order valence-corrected chi connectivity index (χ3v) is 3.39. The summed E-state index contributed by atoms with van der Waals surface area (Å²) in [5.41, 5.74) is 1.38. The van der Waals surface area contributed by atoms with Gasteiger partial charge >= 0.3 is 103 Å². The summed E-state index contributed by atoms with van der Waals surface area (Å²) < 4.78 is 5.47. The van der Waals surface area contributed by atoms with E-state index in [1.54, 1.807) is 0 Å². The van der Waals surface area contributed by atoms with Gasteiger partial charge in [-0.25, -0.2) is 0 Å². The molecule has 0 heterocycles. The Kier molecular flexibility index (Phi) is 6.18. The van der Waals surface area contributed by atoms with E-state index in [0.29, 0.717) is 25.2 Å². The summed E-state index contributed by atoms with van der Waals surface area (Å²) in [5, 5.41) is 0. The molecule has 0 bridgehead atoms. The predicted octanol–water partition coefficient (Wildman–Crippen LogP) is 2.74. The summed E-state index contributed by atoms with van der Waals surface area (Å²) in [6, 6.07) is 8.41. The van der Waals surface area contributed by atoms with Gasteiger partial charge in [-0.15, -0.1) is 0 Å². The Bertz CT molecular complexity index is 260. The molecule has 0 aliphatic rings. The van der Waals surface area contributed by atoms with Crippen molar-refractivity contribution in [1.82, 2.24) is 0 Å². The van der Waals surface area contributed by atoms with E-state index in [0.717, 1.165) is 5.75 Å². The molecule has 2 heteroatoms. The van der Waals surface area contributed by atoms with Crippen LogP contribution in [0.15, 0.2) is 24.3 Å². The Labute approximate surface area is 102 Å². The van der Waals surface area contributed by atoms with Crippen LogP contribution in [0.5, 0.6) is 5.75 Å². The zero-order chi connectivity index (χ0) is 10.2. The first-order chi connectivity index (χ1) is 6.88. The number of benzene rings is 1. The van der Waals surface area contributed by atoms with Gasteiger partial charge in [0.15, 0.2) is 0 Å². The fourth-order valence-corrected chi connectivity index (χ4v) is 2.46. The van der Waals surface area contributed by atoms with Crippen LogP contribution < -0.4 is 2.81 Å². The van der Waals surface area contributed by atoms with Crippen LogP contribution in [-0.4, -0.2) is 25.2 Å². The van der Waals surface area contributed by atoms with E-state index in [9.17, 15) is 0 Å². The number of rotatable bonds is 6. The van der Waals surface area contributed by atoms with E-state index in [4.69, 9.17) is 2.81 Å². The SMILES string of the molecule is CCCCCCc1ccccc1[O][BiH2]. The van der Waals surface area contributed by atoms with Crippen LogP contribution in [-0.2, 0) is 6.42 Å². The van der Waals surface area contributed by atoms with Crippen molar-refractivity contribution in [2.45, 2.75) is 39.0 Å². The van der Waals surface area contributed by atoms with Gasteiger partial charge in [0.05, 0.1) is 0 Å². The molecule has 1 aromatic rings. The van der Waals surface area contributed by atoms with E-state index in [1.165, 1.54) is 37.7 Å². The second kappa shape index (κ2) is 7.23. The number of hydrogen-bond donors (Lipinski definition) is 0. The molecule has 0 saturated heterocycles. The van der Waals surface area contributed by atoms with Crippen LogP contribution in [0.4, 0.5) is 0 Å². The van der Waals surface area contributed by atoms with Crippen molar-refractivity contribution in [3.05, 3.63) is 29.8 Å². The van der Waals surface area contributed by atoms with Gasteiger partial charge in [-0.2, -0.15) is 0 Å². The van der Waals surface area contributed by atoms with Crippen molar-refractivity contribution in [3.63, 3.8) is 0 Å². The maximum absolute atomic E-state index is 5.47. The van der Waals surface area contributed by atoms with E-state index in [-0.39, 0.29) is 0 Å². The molecule has 0 aliphatic carbocycles. The molecule has 0 amide bonds. The van der Waals surface area contributed by atoms with Crippen molar-refractivity contribution < 1.29 is 2.81 Å². The molecular formula is C12H19BiO. The zero-order valence-electron chi connectivity index (χ0n) is 8.83. The summed E-state index contributed by atoms with van der Waals surface area (Å²) in [4.78, 5) is 0. The molecule has 0 spiro atoms. The second-order valence-electron chi connectivity index (χ2n) is 3.54. The average molecular weight is 388 g/mol. The Balaban J connectivity index is 2.41. The van der Waals surface area contributed by atoms with Crippen LogP contribution >= 0.6 is 0 Å². The Morgan fingerprint density at radius 2 is 1.93 bits per heavy atom. The molecule has 0 fully saturated rings. The topological polar surface area (TPSA) is 9.23 Å². The van der Waals surface area contributed by atoms with Gasteiger partial charge in [0.1, 0.15) is 0 Å². The van der Waals surface area contributed by atoms with Crippen molar-refractivity contribution in [3.8, 4) is 5.75 Å². The zero-order valence-corrected chi connectivity index (χ0v) is 13.3. The molecule has 0 radical (unpaired) electrons. The van der Waals surface area contributed by atoms with E-state index in [2.05, 4.69) is 25.1 Å². The summed E-state index contributed by atoms with van der Waals surface area (Å²) in [6.07, 6.45) is 6.46. The number of hydrogen-bond acceptors (Lipinski definition) is 1. The molecule has 1 rings (SSSR count). The molecular weight excluding hydrogens is 369 g/mol. The molecule has 14 heavy (non-hydrogen) atoms. The average Bonchev–Trinajstić information content (AvgIpc) is 2.25. The van der Waals surface area contributed by atoms with Crippen molar-refractivity contribution in [2.75, 3.05) is 0 Å². The fraction of sp³-hybridized carbons (Fsp3) is 0.500. The second-order valence-corrected chi connectivity index (χ2v) is 4.45. The van der Waals surface area contributed by atoms with Gasteiger partial charge in [0, 0.05) is 0 Å². The van der Waals surface area contributed by atoms with Gasteiger partial charge in [-0.3, -0.25) is 0 Å². The molecule has 0 saturated carbocycles. The molecule has 1 aromatic carbocycles. The maximum atomic E-state index is 5.47. The number of para-hydroxylation sites is 1. The van der Waals surface area contributed by atoms with E-state index < -0.39 is 0 Å². The van der Waals surface area contributed by atoms with E-state index in [1.807, 2.05) is 6.07 Å². The summed E-state index contributed by atoms with van der Waals surface area (Å²) in [7, 11) is 0. The first kappa shape index (κ1) is 12.0. The van der Waals surface area contributed by atoms with Crippen molar-refractivity contribution >= 4 is 25.2 Å². The quantitative estimate of drug-likeness (QED) is 0.538. The van der Waals surface area contributed by atoms with Crippen molar-refractivity contribution in [2.24, 2.45) is 0 Å². The molecule has 1 nitrogen and oxygen atoms in total. The Morgan fingerprint density at radius 1 is 1.14 bits per heavy atom. The minimum atomic E-state index is 0.594.